The van der Waals surface area contributed by atoms with Crippen LogP contribution in [0.2, 0.25) is 0 Å². The van der Waals surface area contributed by atoms with Gasteiger partial charge in [0.05, 0.1) is 12.6 Å². The van der Waals surface area contributed by atoms with Crippen molar-refractivity contribution in [3.8, 4) is 5.75 Å². The lowest BCUT2D eigenvalue weighted by molar-refractivity contribution is -0.132. The first-order valence-corrected chi connectivity index (χ1v) is 9.14. The summed E-state index contributed by atoms with van der Waals surface area (Å²) in [6.07, 6.45) is 1.63. The van der Waals surface area contributed by atoms with Crippen molar-refractivity contribution in [2.45, 2.75) is 13.5 Å². The third-order valence-electron chi connectivity index (χ3n) is 4.13. The summed E-state index contributed by atoms with van der Waals surface area (Å²) in [5, 5.41) is 13.5. The first-order chi connectivity index (χ1) is 13.0. The smallest absolute Gasteiger partial charge is 0.331 e. The molecule has 0 fully saturated rings. The van der Waals surface area contributed by atoms with Gasteiger partial charge in [0, 0.05) is 27.5 Å². The van der Waals surface area contributed by atoms with Gasteiger partial charge in [-0.2, -0.15) is 0 Å². The van der Waals surface area contributed by atoms with E-state index in [9.17, 15) is 9.90 Å². The molecule has 2 aromatic carbocycles. The molecule has 0 spiro atoms. The maximum Gasteiger partial charge on any atom is 0.331 e. The van der Waals surface area contributed by atoms with Crippen molar-refractivity contribution in [3.05, 3.63) is 69.7 Å². The lowest BCUT2D eigenvalue weighted by Crippen LogP contribution is -2.04. The van der Waals surface area contributed by atoms with Gasteiger partial charge >= 0.3 is 5.97 Å². The molecule has 6 heteroatoms. The van der Waals surface area contributed by atoms with E-state index in [2.05, 4.69) is 26.2 Å². The Morgan fingerprint density at radius 1 is 1.22 bits per heavy atom. The fourth-order valence-electron chi connectivity index (χ4n) is 2.64. The maximum atomic E-state index is 11.2. The summed E-state index contributed by atoms with van der Waals surface area (Å²) in [6, 6.07) is 15.5. The molecule has 0 saturated heterocycles. The van der Waals surface area contributed by atoms with Gasteiger partial charge < -0.3 is 15.2 Å². The predicted molar refractivity (Wildman–Crippen MR) is 111 cm³/mol. The number of hydrogen-bond acceptors (Lipinski definition) is 4. The Labute approximate surface area is 165 Å². The van der Waals surface area contributed by atoms with Crippen LogP contribution in [0.15, 0.2) is 58.6 Å². The van der Waals surface area contributed by atoms with E-state index in [1.165, 1.54) is 0 Å². The van der Waals surface area contributed by atoms with Gasteiger partial charge in [-0.1, -0.05) is 28.1 Å². The van der Waals surface area contributed by atoms with Crippen molar-refractivity contribution >= 4 is 44.7 Å². The molecule has 0 bridgehead atoms. The van der Waals surface area contributed by atoms with Crippen LogP contribution in [0.3, 0.4) is 0 Å². The highest BCUT2D eigenvalue weighted by molar-refractivity contribution is 9.10. The molecular formula is C21H19BrN2O3. The highest BCUT2D eigenvalue weighted by Gasteiger charge is 2.09. The van der Waals surface area contributed by atoms with Crippen LogP contribution in [0.4, 0.5) is 5.82 Å². The first kappa shape index (κ1) is 18.9. The summed E-state index contributed by atoms with van der Waals surface area (Å²) in [5.41, 5.74) is 2.88. The Morgan fingerprint density at radius 3 is 2.63 bits per heavy atom. The van der Waals surface area contributed by atoms with Crippen molar-refractivity contribution in [1.29, 1.82) is 0 Å². The van der Waals surface area contributed by atoms with Crippen molar-refractivity contribution in [1.82, 2.24) is 4.98 Å². The number of nitrogens with one attached hydrogen (secondary N) is 1. The van der Waals surface area contributed by atoms with Crippen LogP contribution in [0.25, 0.3) is 17.0 Å². The first-order valence-electron chi connectivity index (χ1n) is 8.35. The van der Waals surface area contributed by atoms with Crippen molar-refractivity contribution < 1.29 is 14.6 Å². The fraction of sp³-hybridized carbons (Fsp3) is 0.143. The number of ether oxygens (including phenoxy) is 1. The number of methoxy groups -OCH3 is 1. The largest absolute Gasteiger partial charge is 0.497 e. The zero-order chi connectivity index (χ0) is 19.4. The van der Waals surface area contributed by atoms with Crippen LogP contribution in [0.5, 0.6) is 5.75 Å². The van der Waals surface area contributed by atoms with E-state index >= 15 is 0 Å². The SMILES string of the molecule is COc1ccc(CNc2nc3ccc(Br)cc3cc2C=C(C)C(=O)O)cc1. The van der Waals surface area contributed by atoms with Crippen LogP contribution in [-0.4, -0.2) is 23.2 Å². The average molecular weight is 427 g/mol. The number of carboxylic acid groups (broad SMARTS) is 1. The Morgan fingerprint density at radius 2 is 1.96 bits per heavy atom. The number of fused-ring (bicyclic) bond motifs is 1. The summed E-state index contributed by atoms with van der Waals surface area (Å²) < 4.78 is 6.12. The minimum atomic E-state index is -0.953. The number of carbonyl (C=O) groups is 1. The highest BCUT2D eigenvalue weighted by Crippen LogP contribution is 2.26. The van der Waals surface area contributed by atoms with E-state index in [4.69, 9.17) is 4.74 Å². The second-order valence-electron chi connectivity index (χ2n) is 6.10. The molecule has 1 aromatic heterocycles. The number of carboxylic acids is 1. The molecule has 0 radical (unpaired) electrons. The van der Waals surface area contributed by atoms with Gasteiger partial charge in [-0.05, 0) is 55.0 Å². The number of halogens is 1. The molecule has 0 atom stereocenters. The van der Waals surface area contributed by atoms with Crippen molar-refractivity contribution in [3.63, 3.8) is 0 Å². The number of benzene rings is 2. The van der Waals surface area contributed by atoms with Crippen molar-refractivity contribution in [2.75, 3.05) is 12.4 Å². The van der Waals surface area contributed by atoms with Gasteiger partial charge in [0.1, 0.15) is 11.6 Å². The topological polar surface area (TPSA) is 71.5 Å². The third kappa shape index (κ3) is 4.65. The quantitative estimate of drug-likeness (QED) is 0.536. The number of aliphatic carboxylic acids is 1. The zero-order valence-electron chi connectivity index (χ0n) is 15.0. The lowest BCUT2D eigenvalue weighted by Gasteiger charge is -2.12. The number of nitrogens with zero attached hydrogens (tertiary/aromatic N) is 1. The summed E-state index contributed by atoms with van der Waals surface area (Å²) in [5.74, 6) is 0.487. The standard InChI is InChI=1S/C21H19BrN2O3/c1-13(21(25)26)9-16-10-15-11-17(22)5-8-19(15)24-20(16)23-12-14-3-6-18(27-2)7-4-14/h3-11H,12H2,1-2H3,(H,23,24)(H,25,26). The molecule has 0 aliphatic carbocycles. The van der Waals surface area contributed by atoms with Crippen LogP contribution < -0.4 is 10.1 Å². The molecule has 3 rings (SSSR count). The minimum absolute atomic E-state index is 0.249. The molecule has 138 valence electrons. The maximum absolute atomic E-state index is 11.2. The molecular weight excluding hydrogens is 408 g/mol. The average Bonchev–Trinajstić information content (AvgIpc) is 2.66. The van der Waals surface area contributed by atoms with E-state index in [1.807, 2.05) is 48.5 Å². The molecule has 3 aromatic rings. The van der Waals surface area contributed by atoms with Gasteiger partial charge in [0.25, 0.3) is 0 Å². The number of pyridine rings is 1. The van der Waals surface area contributed by atoms with E-state index in [0.29, 0.717) is 12.4 Å². The Bertz CT molecular complexity index is 1010. The molecule has 0 aliphatic heterocycles. The van der Waals surface area contributed by atoms with Gasteiger partial charge in [-0.15, -0.1) is 0 Å². The van der Waals surface area contributed by atoms with Gasteiger partial charge in [-0.25, -0.2) is 9.78 Å². The van der Waals surface area contributed by atoms with E-state index in [1.54, 1.807) is 20.1 Å². The molecule has 0 amide bonds. The molecule has 2 N–H and O–H groups in total. The summed E-state index contributed by atoms with van der Waals surface area (Å²) in [6.45, 7) is 2.13. The molecule has 0 unspecified atom stereocenters. The Hall–Kier alpha value is -2.86. The van der Waals surface area contributed by atoms with E-state index in [-0.39, 0.29) is 5.57 Å². The molecule has 0 aliphatic rings. The van der Waals surface area contributed by atoms with E-state index in [0.717, 1.165) is 32.3 Å². The summed E-state index contributed by atoms with van der Waals surface area (Å²) in [7, 11) is 1.63. The molecule has 0 saturated carbocycles. The highest BCUT2D eigenvalue weighted by atomic mass is 79.9. The number of rotatable bonds is 6. The van der Waals surface area contributed by atoms with Crippen LogP contribution in [0.1, 0.15) is 18.1 Å². The second-order valence-corrected chi connectivity index (χ2v) is 7.01. The lowest BCUT2D eigenvalue weighted by atomic mass is 10.1. The van der Waals surface area contributed by atoms with Crippen LogP contribution in [-0.2, 0) is 11.3 Å². The third-order valence-corrected chi connectivity index (χ3v) is 4.63. The predicted octanol–water partition coefficient (Wildman–Crippen LogP) is 5.11. The van der Waals surface area contributed by atoms with E-state index < -0.39 is 5.97 Å². The van der Waals surface area contributed by atoms with Gasteiger partial charge in [0.2, 0.25) is 0 Å². The monoisotopic (exact) mass is 426 g/mol. The molecule has 5 nitrogen and oxygen atoms in total. The summed E-state index contributed by atoms with van der Waals surface area (Å²) >= 11 is 3.46. The Balaban J connectivity index is 1.96. The van der Waals surface area contributed by atoms with Crippen molar-refractivity contribution in [2.24, 2.45) is 0 Å². The second kappa shape index (κ2) is 8.22. The fourth-order valence-corrected chi connectivity index (χ4v) is 3.02. The normalized spacial score (nSPS) is 11.4. The number of hydrogen-bond donors (Lipinski definition) is 2. The Kier molecular flexibility index (Phi) is 5.76. The zero-order valence-corrected chi connectivity index (χ0v) is 16.6. The van der Waals surface area contributed by atoms with Gasteiger partial charge in [0.15, 0.2) is 0 Å². The minimum Gasteiger partial charge on any atom is -0.497 e. The summed E-state index contributed by atoms with van der Waals surface area (Å²) in [4.78, 5) is 15.9. The molecule has 1 heterocycles. The number of anilines is 1. The number of aromatic nitrogens is 1. The molecule has 27 heavy (non-hydrogen) atoms. The van der Waals surface area contributed by atoms with Crippen LogP contribution >= 0.6 is 15.9 Å². The van der Waals surface area contributed by atoms with Gasteiger partial charge in [-0.3, -0.25) is 0 Å². The van der Waals surface area contributed by atoms with Crippen LogP contribution in [0, 0.1) is 0 Å².